The van der Waals surface area contributed by atoms with Gasteiger partial charge in [0.25, 0.3) is 5.91 Å². The summed E-state index contributed by atoms with van der Waals surface area (Å²) in [5.41, 5.74) is 12.7. The highest BCUT2D eigenvalue weighted by Gasteiger charge is 2.37. The Morgan fingerprint density at radius 2 is 1.90 bits per heavy atom. The summed E-state index contributed by atoms with van der Waals surface area (Å²) in [4.78, 5) is 26.6. The van der Waals surface area contributed by atoms with E-state index in [2.05, 4.69) is 15.6 Å². The van der Waals surface area contributed by atoms with Crippen molar-refractivity contribution < 1.29 is 19.1 Å². The van der Waals surface area contributed by atoms with Crippen molar-refractivity contribution in [3.8, 4) is 28.3 Å². The number of rotatable bonds is 4. The number of ether oxygens (including phenoxy) is 2. The molecule has 0 bridgehead atoms. The number of nitrogens with two attached hydrogens (primary N) is 1. The van der Waals surface area contributed by atoms with Crippen LogP contribution in [0.2, 0.25) is 0 Å². The first-order valence-corrected chi connectivity index (χ1v) is 9.92. The molecule has 0 radical (unpaired) electrons. The molecule has 158 valence electrons. The number of methoxy groups -OCH3 is 1. The Balaban J connectivity index is 1.54. The molecule has 0 saturated carbocycles. The molecule has 1 aliphatic carbocycles. The van der Waals surface area contributed by atoms with Gasteiger partial charge in [-0.3, -0.25) is 20.1 Å². The summed E-state index contributed by atoms with van der Waals surface area (Å²) < 4.78 is 10.5. The number of hydrazine groups is 1. The number of nitrogens with zero attached hydrogens (tertiary/aromatic N) is 2. The Bertz CT molecular complexity index is 1180. The van der Waals surface area contributed by atoms with Crippen molar-refractivity contribution in [1.82, 2.24) is 20.6 Å². The molecule has 4 N–H and O–H groups in total. The van der Waals surface area contributed by atoms with Crippen LogP contribution in [0.3, 0.4) is 0 Å². The van der Waals surface area contributed by atoms with Crippen LogP contribution in [-0.4, -0.2) is 60.3 Å². The second-order valence-electron chi connectivity index (χ2n) is 7.37. The number of morpholine rings is 1. The number of aromatic nitrogens is 2. The highest BCUT2D eigenvalue weighted by Crippen LogP contribution is 2.42. The standard InChI is InChI=1S/C22H21N5O4/c1-30-13-4-2-12(3-5-13)19-18-20(25-24-19)14-6-7-15(23)17(16(14)21(18)28)22(29)26-27-8-10-31-11-9-27/h2-7H,8-11,23H2,1H3,(H,24,25)(H,26,29). The van der Waals surface area contributed by atoms with E-state index in [0.29, 0.717) is 60.1 Å². The fourth-order valence-electron chi connectivity index (χ4n) is 4.02. The van der Waals surface area contributed by atoms with Gasteiger partial charge < -0.3 is 15.2 Å². The van der Waals surface area contributed by atoms with Crippen LogP contribution in [0.1, 0.15) is 26.3 Å². The fraction of sp³-hybridized carbons (Fsp3) is 0.227. The minimum absolute atomic E-state index is 0.180. The first-order valence-electron chi connectivity index (χ1n) is 9.92. The number of carbonyl (C=O) groups excluding carboxylic acids is 2. The third kappa shape index (κ3) is 3.15. The van der Waals surface area contributed by atoms with E-state index in [-0.39, 0.29) is 17.0 Å². The van der Waals surface area contributed by atoms with Crippen molar-refractivity contribution in [2.75, 3.05) is 39.1 Å². The van der Waals surface area contributed by atoms with Gasteiger partial charge in [-0.2, -0.15) is 5.10 Å². The van der Waals surface area contributed by atoms with Gasteiger partial charge in [0.2, 0.25) is 0 Å². The zero-order chi connectivity index (χ0) is 21.5. The molecule has 0 spiro atoms. The van der Waals surface area contributed by atoms with Gasteiger partial charge in [0.05, 0.1) is 37.1 Å². The number of anilines is 1. The monoisotopic (exact) mass is 419 g/mol. The predicted molar refractivity (Wildman–Crippen MR) is 114 cm³/mol. The van der Waals surface area contributed by atoms with Gasteiger partial charge in [-0.25, -0.2) is 5.01 Å². The summed E-state index contributed by atoms with van der Waals surface area (Å²) in [7, 11) is 1.59. The van der Waals surface area contributed by atoms with Gasteiger partial charge in [0, 0.05) is 35.5 Å². The molecule has 1 aromatic heterocycles. The molecule has 9 heteroatoms. The Morgan fingerprint density at radius 3 is 2.61 bits per heavy atom. The lowest BCUT2D eigenvalue weighted by molar-refractivity contribution is 0.0126. The van der Waals surface area contributed by atoms with E-state index in [0.717, 1.165) is 5.56 Å². The van der Waals surface area contributed by atoms with E-state index in [4.69, 9.17) is 15.2 Å². The topological polar surface area (TPSA) is 123 Å². The van der Waals surface area contributed by atoms with Crippen LogP contribution < -0.4 is 15.9 Å². The molecule has 5 rings (SSSR count). The second kappa shape index (κ2) is 7.53. The number of carbonyl (C=O) groups is 2. The summed E-state index contributed by atoms with van der Waals surface area (Å²) in [5, 5.41) is 9.10. The van der Waals surface area contributed by atoms with Crippen molar-refractivity contribution in [3.05, 3.63) is 53.1 Å². The first-order chi connectivity index (χ1) is 15.1. The van der Waals surface area contributed by atoms with Crippen LogP contribution in [-0.2, 0) is 4.74 Å². The number of aromatic amines is 1. The Morgan fingerprint density at radius 1 is 1.16 bits per heavy atom. The van der Waals surface area contributed by atoms with Crippen LogP contribution in [0.15, 0.2) is 36.4 Å². The third-order valence-electron chi connectivity index (χ3n) is 5.59. The van der Waals surface area contributed by atoms with Gasteiger partial charge in [-0.05, 0) is 36.4 Å². The van der Waals surface area contributed by atoms with E-state index in [1.54, 1.807) is 24.3 Å². The highest BCUT2D eigenvalue weighted by molar-refractivity contribution is 6.28. The maximum Gasteiger partial charge on any atom is 0.268 e. The average Bonchev–Trinajstić information content (AvgIpc) is 3.34. The summed E-state index contributed by atoms with van der Waals surface area (Å²) in [6.07, 6.45) is 0. The summed E-state index contributed by atoms with van der Waals surface area (Å²) in [6, 6.07) is 10.7. The van der Waals surface area contributed by atoms with E-state index < -0.39 is 5.91 Å². The molecule has 0 unspecified atom stereocenters. The first kappa shape index (κ1) is 19.3. The minimum atomic E-state index is -0.409. The van der Waals surface area contributed by atoms with Gasteiger partial charge in [0.15, 0.2) is 5.78 Å². The number of hydrogen-bond donors (Lipinski definition) is 3. The van der Waals surface area contributed by atoms with Crippen LogP contribution in [0.25, 0.3) is 22.5 Å². The molecule has 3 aromatic rings. The molecule has 0 atom stereocenters. The molecule has 9 nitrogen and oxygen atoms in total. The minimum Gasteiger partial charge on any atom is -0.497 e. The zero-order valence-corrected chi connectivity index (χ0v) is 16.9. The summed E-state index contributed by atoms with van der Waals surface area (Å²) in [5.74, 6) is 0.0260. The van der Waals surface area contributed by atoms with Crippen molar-refractivity contribution in [2.24, 2.45) is 0 Å². The molecule has 2 aromatic carbocycles. The smallest absolute Gasteiger partial charge is 0.268 e. The van der Waals surface area contributed by atoms with Crippen molar-refractivity contribution in [2.45, 2.75) is 0 Å². The molecule has 1 saturated heterocycles. The summed E-state index contributed by atoms with van der Waals surface area (Å²) >= 11 is 0. The molecular weight excluding hydrogens is 398 g/mol. The second-order valence-corrected chi connectivity index (χ2v) is 7.37. The average molecular weight is 419 g/mol. The molecule has 2 aliphatic rings. The lowest BCUT2D eigenvalue weighted by Crippen LogP contribution is -2.48. The van der Waals surface area contributed by atoms with Gasteiger partial charge in [0.1, 0.15) is 11.4 Å². The van der Waals surface area contributed by atoms with Crippen LogP contribution in [0.5, 0.6) is 5.75 Å². The lowest BCUT2D eigenvalue weighted by Gasteiger charge is -2.27. The number of fused-ring (bicyclic) bond motifs is 3. The third-order valence-corrected chi connectivity index (χ3v) is 5.59. The number of nitrogens with one attached hydrogen (secondary N) is 2. The zero-order valence-electron chi connectivity index (χ0n) is 16.9. The SMILES string of the molecule is COc1ccc(-c2n[nH]c3c2C(=O)c2c-3ccc(N)c2C(=O)NN2CCOCC2)cc1. The molecule has 1 aliphatic heterocycles. The van der Waals surface area contributed by atoms with Crippen LogP contribution >= 0.6 is 0 Å². The molecule has 2 heterocycles. The van der Waals surface area contributed by atoms with Gasteiger partial charge in [-0.1, -0.05) is 0 Å². The number of H-pyrrole nitrogens is 1. The maximum atomic E-state index is 13.5. The Hall–Kier alpha value is -3.69. The van der Waals surface area contributed by atoms with Crippen LogP contribution in [0.4, 0.5) is 5.69 Å². The van der Waals surface area contributed by atoms with Crippen LogP contribution in [0, 0.1) is 0 Å². The van der Waals surface area contributed by atoms with Crippen molar-refractivity contribution >= 4 is 17.4 Å². The van der Waals surface area contributed by atoms with E-state index in [1.807, 2.05) is 24.3 Å². The van der Waals surface area contributed by atoms with E-state index >= 15 is 0 Å². The lowest BCUT2D eigenvalue weighted by atomic mass is 9.98. The molecule has 31 heavy (non-hydrogen) atoms. The van der Waals surface area contributed by atoms with E-state index in [1.165, 1.54) is 0 Å². The molecular formula is C22H21N5O4. The van der Waals surface area contributed by atoms with Crippen molar-refractivity contribution in [1.29, 1.82) is 0 Å². The maximum absolute atomic E-state index is 13.5. The Labute approximate surface area is 178 Å². The van der Waals surface area contributed by atoms with Crippen molar-refractivity contribution in [3.63, 3.8) is 0 Å². The number of nitrogen functional groups attached to an aromatic ring is 1. The van der Waals surface area contributed by atoms with E-state index in [9.17, 15) is 9.59 Å². The quantitative estimate of drug-likeness (QED) is 0.432. The Kier molecular flexibility index (Phi) is 4.68. The number of benzene rings is 2. The number of hydrogen-bond acceptors (Lipinski definition) is 7. The number of amides is 1. The number of ketones is 1. The predicted octanol–water partition coefficient (Wildman–Crippen LogP) is 1.86. The highest BCUT2D eigenvalue weighted by atomic mass is 16.5. The fourth-order valence-corrected chi connectivity index (χ4v) is 4.02. The largest absolute Gasteiger partial charge is 0.497 e. The van der Waals surface area contributed by atoms with Gasteiger partial charge >= 0.3 is 0 Å². The van der Waals surface area contributed by atoms with Gasteiger partial charge in [-0.15, -0.1) is 0 Å². The molecule has 1 amide bonds. The summed E-state index contributed by atoms with van der Waals surface area (Å²) in [6.45, 7) is 2.20. The molecule has 1 fully saturated rings. The normalized spacial score (nSPS) is 15.5.